The van der Waals surface area contributed by atoms with E-state index in [1.807, 2.05) is 30.5 Å². The molecule has 1 aliphatic rings. The van der Waals surface area contributed by atoms with Crippen LogP contribution in [0.4, 0.5) is 5.69 Å². The predicted molar refractivity (Wildman–Crippen MR) is 76.7 cm³/mol. The van der Waals surface area contributed by atoms with Crippen molar-refractivity contribution in [2.75, 3.05) is 11.9 Å². The molecule has 0 aliphatic carbocycles. The minimum atomic E-state index is -0.350. The van der Waals surface area contributed by atoms with Crippen molar-refractivity contribution in [2.24, 2.45) is 0 Å². The summed E-state index contributed by atoms with van der Waals surface area (Å²) >= 11 is 5.20. The number of benzene rings is 1. The summed E-state index contributed by atoms with van der Waals surface area (Å²) in [6, 6.07) is 7.91. The second-order valence-corrected chi connectivity index (χ2v) is 4.51. The number of anilines is 1. The van der Waals surface area contributed by atoms with E-state index in [1.165, 1.54) is 6.08 Å². The molecule has 0 saturated heterocycles. The van der Waals surface area contributed by atoms with Gasteiger partial charge in [0.25, 0.3) is 0 Å². The molecular formula is C13H11N3O2S. The Bertz CT molecular complexity index is 690. The molecule has 1 aliphatic heterocycles. The summed E-state index contributed by atoms with van der Waals surface area (Å²) in [4.78, 5) is 14.1. The van der Waals surface area contributed by atoms with Gasteiger partial charge in [-0.05, 0) is 18.3 Å². The number of aromatic nitrogens is 1. The van der Waals surface area contributed by atoms with Gasteiger partial charge in [0.15, 0.2) is 5.11 Å². The number of H-pyrrole nitrogens is 1. The maximum absolute atomic E-state index is 10.9. The van der Waals surface area contributed by atoms with E-state index in [1.54, 1.807) is 0 Å². The summed E-state index contributed by atoms with van der Waals surface area (Å²) in [6.07, 6.45) is 3.24. The fraction of sp³-hybridized carbons (Fsp3) is 0.0769. The highest BCUT2D eigenvalue weighted by Crippen LogP contribution is 2.22. The molecule has 5 nitrogen and oxygen atoms in total. The number of fused-ring (bicyclic) bond motifs is 1. The predicted octanol–water partition coefficient (Wildman–Crippen LogP) is 1.89. The first kappa shape index (κ1) is 11.7. The Morgan fingerprint density at radius 1 is 1.32 bits per heavy atom. The summed E-state index contributed by atoms with van der Waals surface area (Å²) in [6.45, 7) is 0.231. The summed E-state index contributed by atoms with van der Waals surface area (Å²) in [5.41, 5.74) is 2.58. The number of thiocarbonyl (C=S) groups is 1. The number of nitrogens with one attached hydrogen (secondary N) is 3. The number of rotatable bonds is 2. The molecule has 2 heterocycles. The molecule has 0 radical (unpaired) electrons. The number of para-hydroxylation sites is 1. The molecule has 0 fully saturated rings. The van der Waals surface area contributed by atoms with Gasteiger partial charge in [-0.2, -0.15) is 0 Å². The highest BCUT2D eigenvalue weighted by atomic mass is 32.1. The van der Waals surface area contributed by atoms with Crippen molar-refractivity contribution in [2.45, 2.75) is 0 Å². The summed E-state index contributed by atoms with van der Waals surface area (Å²) in [5, 5.41) is 7.50. The van der Waals surface area contributed by atoms with Crippen molar-refractivity contribution in [1.82, 2.24) is 10.3 Å². The third kappa shape index (κ3) is 2.43. The number of ether oxygens (including phenoxy) is 1. The number of hydrogen-bond acceptors (Lipinski definition) is 3. The van der Waals surface area contributed by atoms with Crippen molar-refractivity contribution in [3.05, 3.63) is 42.2 Å². The molecule has 0 saturated carbocycles. The van der Waals surface area contributed by atoms with E-state index in [4.69, 9.17) is 17.0 Å². The first-order valence-corrected chi connectivity index (χ1v) is 6.14. The Kier molecular flexibility index (Phi) is 2.92. The molecule has 96 valence electrons. The highest BCUT2D eigenvalue weighted by Gasteiger charge is 2.14. The molecule has 6 heteroatoms. The van der Waals surface area contributed by atoms with Crippen LogP contribution in [0.25, 0.3) is 10.9 Å². The zero-order chi connectivity index (χ0) is 13.2. The van der Waals surface area contributed by atoms with Gasteiger partial charge in [0.1, 0.15) is 6.61 Å². The van der Waals surface area contributed by atoms with Crippen molar-refractivity contribution < 1.29 is 9.53 Å². The molecule has 3 rings (SSSR count). The van der Waals surface area contributed by atoms with Crippen LogP contribution in [0.3, 0.4) is 0 Å². The van der Waals surface area contributed by atoms with Gasteiger partial charge in [0.05, 0.1) is 11.4 Å². The zero-order valence-electron chi connectivity index (χ0n) is 9.90. The van der Waals surface area contributed by atoms with Crippen LogP contribution < -0.4 is 10.6 Å². The Balaban J connectivity index is 1.73. The highest BCUT2D eigenvalue weighted by molar-refractivity contribution is 7.80. The first-order chi connectivity index (χ1) is 9.22. The number of carbonyl (C=O) groups excluding carboxylic acids is 1. The van der Waals surface area contributed by atoms with Crippen LogP contribution in [0.5, 0.6) is 0 Å². The number of esters is 1. The number of aromatic amines is 1. The standard InChI is InChI=1S/C13H11N3O2S/c17-12-5-8(7-18-12)15-13(19)16-11-6-14-10-4-2-1-3-9(10)11/h1-6,14H,7H2,(H2,15,16,19). The van der Waals surface area contributed by atoms with Crippen LogP contribution in [0.15, 0.2) is 42.2 Å². The van der Waals surface area contributed by atoms with E-state index < -0.39 is 0 Å². The van der Waals surface area contributed by atoms with Crippen molar-refractivity contribution >= 4 is 39.9 Å². The van der Waals surface area contributed by atoms with Crippen LogP contribution in [-0.2, 0) is 9.53 Å². The van der Waals surface area contributed by atoms with Crippen molar-refractivity contribution in [3.8, 4) is 0 Å². The number of cyclic esters (lactones) is 1. The van der Waals surface area contributed by atoms with E-state index in [2.05, 4.69) is 15.6 Å². The topological polar surface area (TPSA) is 66.2 Å². The lowest BCUT2D eigenvalue weighted by Crippen LogP contribution is -2.28. The molecule has 3 N–H and O–H groups in total. The molecule has 0 amide bonds. The van der Waals surface area contributed by atoms with Gasteiger partial charge < -0.3 is 20.4 Å². The molecule has 0 spiro atoms. The Morgan fingerprint density at radius 2 is 2.16 bits per heavy atom. The second kappa shape index (κ2) is 4.74. The normalized spacial score (nSPS) is 14.1. The first-order valence-electron chi connectivity index (χ1n) is 5.74. The van der Waals surface area contributed by atoms with Gasteiger partial charge in [-0.15, -0.1) is 0 Å². The smallest absolute Gasteiger partial charge is 0.333 e. The van der Waals surface area contributed by atoms with Gasteiger partial charge in [0.2, 0.25) is 0 Å². The van der Waals surface area contributed by atoms with Crippen LogP contribution in [0.1, 0.15) is 0 Å². The fourth-order valence-electron chi connectivity index (χ4n) is 1.92. The lowest BCUT2D eigenvalue weighted by atomic mass is 10.2. The third-order valence-corrected chi connectivity index (χ3v) is 2.98. The molecular weight excluding hydrogens is 262 g/mol. The maximum Gasteiger partial charge on any atom is 0.333 e. The largest absolute Gasteiger partial charge is 0.456 e. The van der Waals surface area contributed by atoms with Crippen LogP contribution in [-0.4, -0.2) is 22.7 Å². The van der Waals surface area contributed by atoms with Crippen LogP contribution >= 0.6 is 12.2 Å². The summed E-state index contributed by atoms with van der Waals surface area (Å²) in [7, 11) is 0. The molecule has 2 aromatic rings. The van der Waals surface area contributed by atoms with Gasteiger partial charge in [0, 0.05) is 23.2 Å². The maximum atomic E-state index is 10.9. The average Bonchev–Trinajstić information content (AvgIpc) is 2.97. The van der Waals surface area contributed by atoms with E-state index in [9.17, 15) is 4.79 Å². The summed E-state index contributed by atoms with van der Waals surface area (Å²) in [5.74, 6) is -0.350. The van der Waals surface area contributed by atoms with E-state index in [-0.39, 0.29) is 12.6 Å². The Hall–Kier alpha value is -2.34. The minimum Gasteiger partial charge on any atom is -0.456 e. The lowest BCUT2D eigenvalue weighted by Gasteiger charge is -2.09. The van der Waals surface area contributed by atoms with E-state index in [0.29, 0.717) is 10.8 Å². The second-order valence-electron chi connectivity index (χ2n) is 4.10. The molecule has 1 aromatic carbocycles. The summed E-state index contributed by atoms with van der Waals surface area (Å²) < 4.78 is 4.78. The minimum absolute atomic E-state index is 0.231. The van der Waals surface area contributed by atoms with E-state index >= 15 is 0 Å². The van der Waals surface area contributed by atoms with Gasteiger partial charge in [-0.25, -0.2) is 4.79 Å². The van der Waals surface area contributed by atoms with Crippen LogP contribution in [0.2, 0.25) is 0 Å². The quantitative estimate of drug-likeness (QED) is 0.576. The van der Waals surface area contributed by atoms with Crippen LogP contribution in [0, 0.1) is 0 Å². The van der Waals surface area contributed by atoms with Gasteiger partial charge in [-0.3, -0.25) is 0 Å². The number of carbonyl (C=O) groups is 1. The third-order valence-electron chi connectivity index (χ3n) is 2.77. The van der Waals surface area contributed by atoms with E-state index in [0.717, 1.165) is 16.6 Å². The molecule has 0 bridgehead atoms. The monoisotopic (exact) mass is 273 g/mol. The van der Waals surface area contributed by atoms with Gasteiger partial charge >= 0.3 is 5.97 Å². The zero-order valence-corrected chi connectivity index (χ0v) is 10.7. The Labute approximate surface area is 114 Å². The molecule has 19 heavy (non-hydrogen) atoms. The Morgan fingerprint density at radius 3 is 2.95 bits per heavy atom. The molecule has 0 atom stereocenters. The molecule has 0 unspecified atom stereocenters. The molecule has 1 aromatic heterocycles. The number of hydrogen-bond donors (Lipinski definition) is 3. The fourth-order valence-corrected chi connectivity index (χ4v) is 2.16. The van der Waals surface area contributed by atoms with Crippen molar-refractivity contribution in [3.63, 3.8) is 0 Å². The van der Waals surface area contributed by atoms with Gasteiger partial charge in [-0.1, -0.05) is 18.2 Å². The lowest BCUT2D eigenvalue weighted by molar-refractivity contribution is -0.134. The average molecular weight is 273 g/mol. The van der Waals surface area contributed by atoms with Crippen molar-refractivity contribution in [1.29, 1.82) is 0 Å². The SMILES string of the molecule is O=C1C=C(NC(=S)Nc2c[nH]c3ccccc23)CO1.